The summed E-state index contributed by atoms with van der Waals surface area (Å²) in [5.74, 6) is 0.561. The van der Waals surface area contributed by atoms with Crippen LogP contribution in [-0.2, 0) is 13.2 Å². The van der Waals surface area contributed by atoms with Gasteiger partial charge >= 0.3 is 0 Å². The number of nitrogens with one attached hydrogen (secondary N) is 1. The fraction of sp³-hybridized carbons (Fsp3) is 0.208. The minimum Gasteiger partial charge on any atom is -0.486 e. The van der Waals surface area contributed by atoms with E-state index in [0.29, 0.717) is 17.2 Å². The van der Waals surface area contributed by atoms with E-state index in [1.165, 1.54) is 24.3 Å². The summed E-state index contributed by atoms with van der Waals surface area (Å²) in [5.41, 5.74) is 1.82. The molecule has 4 rings (SSSR count). The van der Waals surface area contributed by atoms with E-state index in [1.807, 2.05) is 38.4 Å². The first kappa shape index (κ1) is 20.7. The standard InChI is InChI=1S/C24H24FN3O3/c1-27(2)13-14-28-12-11-17-15-19(5-9-22(17)28)26-24(29)23-10-8-21(31-23)16-30-20-6-3-18(25)4-7-20/h3-12,15H,13-14,16H2,1-2H3,(H,26,29). The molecule has 6 nitrogen and oxygen atoms in total. The first-order chi connectivity index (χ1) is 15.0. The normalized spacial score (nSPS) is 11.2. The number of aromatic nitrogens is 1. The summed E-state index contributed by atoms with van der Waals surface area (Å²) < 4.78 is 26.3. The Balaban J connectivity index is 1.38. The van der Waals surface area contributed by atoms with Crippen molar-refractivity contribution in [3.05, 3.63) is 84.2 Å². The number of carbonyl (C=O) groups is 1. The lowest BCUT2D eigenvalue weighted by molar-refractivity contribution is 0.0992. The van der Waals surface area contributed by atoms with Crippen LogP contribution in [0.25, 0.3) is 10.9 Å². The topological polar surface area (TPSA) is 59.6 Å². The van der Waals surface area contributed by atoms with Gasteiger partial charge in [-0.05, 0) is 74.8 Å². The van der Waals surface area contributed by atoms with Gasteiger partial charge in [0.25, 0.3) is 5.91 Å². The van der Waals surface area contributed by atoms with Crippen LogP contribution < -0.4 is 10.1 Å². The number of amides is 1. The minimum absolute atomic E-state index is 0.144. The van der Waals surface area contributed by atoms with Crippen molar-refractivity contribution in [2.24, 2.45) is 0 Å². The van der Waals surface area contributed by atoms with Crippen molar-refractivity contribution in [2.75, 3.05) is 26.0 Å². The summed E-state index contributed by atoms with van der Waals surface area (Å²) in [4.78, 5) is 14.7. The van der Waals surface area contributed by atoms with E-state index in [0.717, 1.165) is 24.0 Å². The van der Waals surface area contributed by atoms with Crippen molar-refractivity contribution in [3.63, 3.8) is 0 Å². The van der Waals surface area contributed by atoms with Crippen molar-refractivity contribution < 1.29 is 18.3 Å². The molecule has 0 bridgehead atoms. The number of fused-ring (bicyclic) bond motifs is 1. The predicted octanol–water partition coefficient (Wildman–Crippen LogP) is 4.77. The third kappa shape index (κ3) is 5.13. The summed E-state index contributed by atoms with van der Waals surface area (Å²) in [6.45, 7) is 2.00. The van der Waals surface area contributed by atoms with Gasteiger partial charge < -0.3 is 23.9 Å². The van der Waals surface area contributed by atoms with Crippen LogP contribution in [0.15, 0.2) is 71.3 Å². The van der Waals surface area contributed by atoms with Gasteiger partial charge in [0.15, 0.2) is 5.76 Å². The van der Waals surface area contributed by atoms with E-state index in [2.05, 4.69) is 21.0 Å². The molecule has 4 aromatic rings. The van der Waals surface area contributed by atoms with Crippen molar-refractivity contribution in [1.82, 2.24) is 9.47 Å². The van der Waals surface area contributed by atoms with Gasteiger partial charge in [-0.2, -0.15) is 0 Å². The van der Waals surface area contributed by atoms with E-state index in [1.54, 1.807) is 12.1 Å². The molecule has 2 aromatic heterocycles. The van der Waals surface area contributed by atoms with Crippen LogP contribution >= 0.6 is 0 Å². The molecule has 0 aliphatic heterocycles. The molecular weight excluding hydrogens is 397 g/mol. The van der Waals surface area contributed by atoms with Crippen LogP contribution in [0.2, 0.25) is 0 Å². The number of likely N-dealkylation sites (N-methyl/N-ethyl adjacent to an activating group) is 1. The zero-order valence-electron chi connectivity index (χ0n) is 17.5. The van der Waals surface area contributed by atoms with Gasteiger partial charge in [0.2, 0.25) is 0 Å². The lowest BCUT2D eigenvalue weighted by Crippen LogP contribution is -2.17. The highest BCUT2D eigenvalue weighted by atomic mass is 19.1. The maximum Gasteiger partial charge on any atom is 0.291 e. The zero-order valence-corrected chi connectivity index (χ0v) is 17.5. The van der Waals surface area contributed by atoms with Crippen molar-refractivity contribution in [3.8, 4) is 5.75 Å². The van der Waals surface area contributed by atoms with E-state index >= 15 is 0 Å². The first-order valence-electron chi connectivity index (χ1n) is 10.00. The summed E-state index contributed by atoms with van der Waals surface area (Å²) >= 11 is 0. The zero-order chi connectivity index (χ0) is 21.8. The largest absolute Gasteiger partial charge is 0.486 e. The summed E-state index contributed by atoms with van der Waals surface area (Å²) in [6, 6.07) is 16.9. The number of ether oxygens (including phenoxy) is 1. The van der Waals surface area contributed by atoms with Crippen molar-refractivity contribution >= 4 is 22.5 Å². The van der Waals surface area contributed by atoms with Gasteiger partial charge in [-0.3, -0.25) is 4.79 Å². The second-order valence-corrected chi connectivity index (χ2v) is 7.55. The average molecular weight is 421 g/mol. The van der Waals surface area contributed by atoms with Crippen LogP contribution in [0.3, 0.4) is 0 Å². The monoisotopic (exact) mass is 421 g/mol. The highest BCUT2D eigenvalue weighted by Crippen LogP contribution is 2.22. The smallest absolute Gasteiger partial charge is 0.291 e. The van der Waals surface area contributed by atoms with Gasteiger partial charge in [-0.1, -0.05) is 0 Å². The lowest BCUT2D eigenvalue weighted by atomic mass is 10.2. The van der Waals surface area contributed by atoms with Crippen LogP contribution in [0.5, 0.6) is 5.75 Å². The first-order valence-corrected chi connectivity index (χ1v) is 10.00. The maximum absolute atomic E-state index is 13.0. The highest BCUT2D eigenvalue weighted by molar-refractivity contribution is 6.03. The molecular formula is C24H24FN3O3. The Kier molecular flexibility index (Phi) is 6.04. The Morgan fingerprint density at radius 1 is 1.10 bits per heavy atom. The molecule has 1 amide bonds. The Morgan fingerprint density at radius 3 is 2.68 bits per heavy atom. The summed E-state index contributed by atoms with van der Waals surface area (Å²) in [5, 5.41) is 3.93. The van der Waals surface area contributed by atoms with Gasteiger partial charge in [-0.25, -0.2) is 4.39 Å². The second kappa shape index (κ2) is 9.06. The molecule has 0 spiro atoms. The average Bonchev–Trinajstić information content (AvgIpc) is 3.39. The van der Waals surface area contributed by atoms with Gasteiger partial charge in [-0.15, -0.1) is 0 Å². The molecule has 2 aromatic carbocycles. The number of hydrogen-bond donors (Lipinski definition) is 1. The molecule has 1 N–H and O–H groups in total. The Labute approximate surface area is 179 Å². The Hall–Kier alpha value is -3.58. The SMILES string of the molecule is CN(C)CCn1ccc2cc(NC(=O)c3ccc(COc4ccc(F)cc4)o3)ccc21. The number of carbonyl (C=O) groups excluding carboxylic acids is 1. The molecule has 7 heteroatoms. The fourth-order valence-electron chi connectivity index (χ4n) is 3.24. The quantitative estimate of drug-likeness (QED) is 0.445. The predicted molar refractivity (Wildman–Crippen MR) is 118 cm³/mol. The Morgan fingerprint density at radius 2 is 1.90 bits per heavy atom. The molecule has 0 fully saturated rings. The Bertz CT molecular complexity index is 1180. The van der Waals surface area contributed by atoms with Crippen LogP contribution in [0.1, 0.15) is 16.3 Å². The maximum atomic E-state index is 13.0. The molecule has 0 atom stereocenters. The molecule has 0 radical (unpaired) electrons. The lowest BCUT2D eigenvalue weighted by Gasteiger charge is -2.11. The number of benzene rings is 2. The van der Waals surface area contributed by atoms with E-state index < -0.39 is 0 Å². The minimum atomic E-state index is -0.334. The van der Waals surface area contributed by atoms with E-state index in [9.17, 15) is 9.18 Å². The third-order valence-electron chi connectivity index (χ3n) is 4.90. The summed E-state index contributed by atoms with van der Waals surface area (Å²) in [7, 11) is 4.10. The van der Waals surface area contributed by atoms with Crippen LogP contribution in [-0.4, -0.2) is 36.0 Å². The van der Waals surface area contributed by atoms with Gasteiger partial charge in [0, 0.05) is 35.9 Å². The van der Waals surface area contributed by atoms with Crippen LogP contribution in [0, 0.1) is 5.82 Å². The number of halogens is 1. The van der Waals surface area contributed by atoms with Gasteiger partial charge in [0.1, 0.15) is 23.9 Å². The molecule has 0 unspecified atom stereocenters. The van der Waals surface area contributed by atoms with E-state index in [-0.39, 0.29) is 24.1 Å². The van der Waals surface area contributed by atoms with Crippen molar-refractivity contribution in [2.45, 2.75) is 13.2 Å². The van der Waals surface area contributed by atoms with Crippen LogP contribution in [0.4, 0.5) is 10.1 Å². The number of hydrogen-bond acceptors (Lipinski definition) is 4. The highest BCUT2D eigenvalue weighted by Gasteiger charge is 2.13. The number of anilines is 1. The third-order valence-corrected chi connectivity index (χ3v) is 4.90. The van der Waals surface area contributed by atoms with E-state index in [4.69, 9.17) is 9.15 Å². The molecule has 0 aliphatic rings. The molecule has 31 heavy (non-hydrogen) atoms. The molecule has 2 heterocycles. The number of nitrogens with zero attached hydrogens (tertiary/aromatic N) is 2. The number of furan rings is 1. The number of rotatable bonds is 8. The second-order valence-electron chi connectivity index (χ2n) is 7.55. The van der Waals surface area contributed by atoms with Gasteiger partial charge in [0.05, 0.1) is 0 Å². The fourth-order valence-corrected chi connectivity index (χ4v) is 3.24. The molecule has 0 saturated heterocycles. The summed E-state index contributed by atoms with van der Waals surface area (Å²) in [6.07, 6.45) is 2.06. The van der Waals surface area contributed by atoms with Crippen molar-refractivity contribution in [1.29, 1.82) is 0 Å². The molecule has 0 aliphatic carbocycles. The molecule has 160 valence electrons. The molecule has 0 saturated carbocycles.